The van der Waals surface area contributed by atoms with Crippen molar-refractivity contribution < 1.29 is 33.3 Å². The van der Waals surface area contributed by atoms with Crippen molar-refractivity contribution in [2.75, 3.05) is 27.2 Å². The molecule has 0 unspecified atom stereocenters. The van der Waals surface area contributed by atoms with E-state index in [0.29, 0.717) is 39.8 Å². The highest BCUT2D eigenvalue weighted by molar-refractivity contribution is 6.32. The van der Waals surface area contributed by atoms with Crippen LogP contribution in [0.2, 0.25) is 5.02 Å². The molecule has 3 N–H and O–H groups in total. The van der Waals surface area contributed by atoms with Crippen molar-refractivity contribution in [2.45, 2.75) is 57.9 Å². The fourth-order valence-corrected chi connectivity index (χ4v) is 5.12. The lowest BCUT2D eigenvalue weighted by atomic mass is 9.93. The van der Waals surface area contributed by atoms with Gasteiger partial charge in [0, 0.05) is 29.3 Å². The summed E-state index contributed by atoms with van der Waals surface area (Å²) in [6.07, 6.45) is 1.58. The Morgan fingerprint density at radius 1 is 1.05 bits per heavy atom. The highest BCUT2D eigenvalue weighted by atomic mass is 35.5. The van der Waals surface area contributed by atoms with E-state index in [4.69, 9.17) is 36.3 Å². The zero-order valence-corrected chi connectivity index (χ0v) is 26.6. The lowest BCUT2D eigenvalue weighted by molar-refractivity contribution is 0.0922. The monoisotopic (exact) mass is 653 g/mol. The van der Waals surface area contributed by atoms with Crippen LogP contribution in [0, 0.1) is 6.92 Å². The number of pyridine rings is 1. The normalized spacial score (nSPS) is 13.1. The largest absolute Gasteiger partial charge is 0.503 e. The van der Waals surface area contributed by atoms with Gasteiger partial charge in [0.15, 0.2) is 0 Å². The molecule has 1 aliphatic carbocycles. The van der Waals surface area contributed by atoms with Gasteiger partial charge in [-0.1, -0.05) is 60.7 Å². The van der Waals surface area contributed by atoms with Gasteiger partial charge in [-0.2, -0.15) is 0 Å². The first-order valence-corrected chi connectivity index (χ1v) is 14.5. The minimum absolute atomic E-state index is 0. The molecule has 1 fully saturated rings. The molecular weight excluding hydrogens is 615 g/mol. The van der Waals surface area contributed by atoms with E-state index in [2.05, 4.69) is 10.2 Å². The Hall–Kier alpha value is -3.47. The van der Waals surface area contributed by atoms with Crippen molar-refractivity contribution in [1.29, 1.82) is 0 Å². The summed E-state index contributed by atoms with van der Waals surface area (Å²) < 4.78 is 34.1. The summed E-state index contributed by atoms with van der Waals surface area (Å²) in [6.45, 7) is 3.20. The molecule has 1 heterocycles. The number of amides is 1. The molecule has 1 aliphatic rings. The number of hydrogen-bond acceptors (Lipinski definition) is 5. The number of benzene rings is 2. The van der Waals surface area contributed by atoms with Crippen LogP contribution in [-0.2, 0) is 0 Å². The number of hydrogen-bond donors (Lipinski definition) is 3. The van der Waals surface area contributed by atoms with Gasteiger partial charge in [-0.3, -0.25) is 4.79 Å². The third-order valence-corrected chi connectivity index (χ3v) is 7.33. The summed E-state index contributed by atoms with van der Waals surface area (Å²) in [7, 11) is 3.99. The Kier molecular flexibility index (Phi) is 14.8. The molecule has 0 atom stereocenters. The lowest BCUT2D eigenvalue weighted by Gasteiger charge is -2.23. The van der Waals surface area contributed by atoms with Crippen LogP contribution in [0.1, 0.15) is 66.6 Å². The van der Waals surface area contributed by atoms with Crippen molar-refractivity contribution in [3.63, 3.8) is 0 Å². The minimum atomic E-state index is -2.66. The van der Waals surface area contributed by atoms with Crippen LogP contribution in [0.25, 0.3) is 22.4 Å². The number of nitrogens with zero attached hydrogens (tertiary/aromatic N) is 2. The molecule has 1 amide bonds. The maximum Gasteiger partial charge on any atom is 0.503 e. The summed E-state index contributed by atoms with van der Waals surface area (Å²) in [5, 5.41) is 17.5. The molecule has 240 valence electrons. The second kappa shape index (κ2) is 17.7. The van der Waals surface area contributed by atoms with Crippen LogP contribution < -0.4 is 10.1 Å². The Labute approximate surface area is 267 Å². The maximum atomic E-state index is 14.1. The fourth-order valence-electron chi connectivity index (χ4n) is 4.95. The molecule has 4 rings (SSSR count). The third-order valence-electron chi connectivity index (χ3n) is 7.01. The molecular formula is C32H39Cl2F2N3O5. The maximum absolute atomic E-state index is 14.1. The zero-order chi connectivity index (χ0) is 31.5. The zero-order valence-electron chi connectivity index (χ0n) is 25.0. The van der Waals surface area contributed by atoms with E-state index in [1.807, 2.05) is 21.0 Å². The minimum Gasteiger partial charge on any atom is -0.492 e. The fraction of sp³-hybridized carbons (Fsp3) is 0.406. The first-order valence-electron chi connectivity index (χ1n) is 14.2. The number of carbonyl (C=O) groups is 2. The second-order valence-electron chi connectivity index (χ2n) is 10.7. The van der Waals surface area contributed by atoms with Crippen molar-refractivity contribution in [1.82, 2.24) is 15.2 Å². The van der Waals surface area contributed by atoms with Crippen LogP contribution in [0.5, 0.6) is 5.75 Å². The molecule has 1 aromatic heterocycles. The molecule has 0 aliphatic heterocycles. The highest BCUT2D eigenvalue weighted by Crippen LogP contribution is 2.39. The average Bonchev–Trinajstić information content (AvgIpc) is 2.96. The molecule has 3 aromatic rings. The molecule has 8 nitrogen and oxygen atoms in total. The number of rotatable bonds is 10. The number of aromatic nitrogens is 1. The molecule has 0 bridgehead atoms. The first-order chi connectivity index (χ1) is 20.5. The Morgan fingerprint density at radius 3 is 2.36 bits per heavy atom. The second-order valence-corrected chi connectivity index (χ2v) is 11.1. The summed E-state index contributed by atoms with van der Waals surface area (Å²) in [4.78, 5) is 28.6. The third kappa shape index (κ3) is 10.9. The van der Waals surface area contributed by atoms with Crippen LogP contribution in [0.3, 0.4) is 0 Å². The lowest BCUT2D eigenvalue weighted by Crippen LogP contribution is -2.36. The van der Waals surface area contributed by atoms with Crippen molar-refractivity contribution in [3.8, 4) is 28.1 Å². The van der Waals surface area contributed by atoms with Gasteiger partial charge < -0.3 is 25.2 Å². The van der Waals surface area contributed by atoms with Gasteiger partial charge in [-0.15, -0.1) is 12.4 Å². The average molecular weight is 655 g/mol. The predicted octanol–water partition coefficient (Wildman–Crippen LogP) is 8.35. The van der Waals surface area contributed by atoms with E-state index < -0.39 is 12.6 Å². The van der Waals surface area contributed by atoms with Crippen molar-refractivity contribution >= 4 is 36.1 Å². The van der Waals surface area contributed by atoms with Crippen LogP contribution in [0.4, 0.5) is 13.6 Å². The molecule has 1 saturated carbocycles. The van der Waals surface area contributed by atoms with E-state index >= 15 is 0 Å². The first kappa shape index (κ1) is 36.7. The van der Waals surface area contributed by atoms with Gasteiger partial charge in [-0.25, -0.2) is 18.6 Å². The van der Waals surface area contributed by atoms with Gasteiger partial charge in [0.2, 0.25) is 0 Å². The van der Waals surface area contributed by atoms with Crippen LogP contribution >= 0.6 is 24.0 Å². The van der Waals surface area contributed by atoms with Gasteiger partial charge in [-0.05, 0) is 70.1 Å². The summed E-state index contributed by atoms with van der Waals surface area (Å²) in [6, 6.07) is 13.6. The standard InChI is InChI=1S/C31H36ClF2N3O2.CH2O3.ClH/c1-20-10-12-24(30(33)34)25(18-20)23-13-15-27(31(38)35-22-8-5-4-6-9-22)36-29(23)21-11-14-26(32)28(19-21)39-17-7-16-37(2)3;2-1(3)4;/h10-15,18-19,22,30H,4-9,16-17H2,1-3H3,(H,35,38);(H2,2,3,4);1H. The molecule has 0 spiro atoms. The summed E-state index contributed by atoms with van der Waals surface area (Å²) >= 11 is 6.44. The van der Waals surface area contributed by atoms with Crippen LogP contribution in [-0.4, -0.2) is 65.4 Å². The van der Waals surface area contributed by atoms with Crippen molar-refractivity contribution in [3.05, 3.63) is 70.4 Å². The van der Waals surface area contributed by atoms with Crippen molar-refractivity contribution in [2.24, 2.45) is 0 Å². The summed E-state index contributed by atoms with van der Waals surface area (Å²) in [5.41, 5.74) is 2.96. The van der Waals surface area contributed by atoms with E-state index in [1.165, 1.54) is 12.5 Å². The van der Waals surface area contributed by atoms with Gasteiger partial charge in [0.05, 0.1) is 17.3 Å². The molecule has 2 aromatic carbocycles. The van der Waals surface area contributed by atoms with E-state index in [-0.39, 0.29) is 35.6 Å². The van der Waals surface area contributed by atoms with Gasteiger partial charge in [0.1, 0.15) is 11.4 Å². The van der Waals surface area contributed by atoms with E-state index in [1.54, 1.807) is 42.5 Å². The number of ether oxygens (including phenoxy) is 1. The quantitative estimate of drug-likeness (QED) is 0.189. The highest BCUT2D eigenvalue weighted by Gasteiger charge is 2.22. The number of halogens is 4. The molecule has 12 heteroatoms. The number of carbonyl (C=O) groups excluding carboxylic acids is 1. The number of aryl methyl sites for hydroxylation is 1. The molecule has 44 heavy (non-hydrogen) atoms. The SMILES string of the molecule is Cc1ccc(C(F)F)c(-c2ccc(C(=O)NC3CCCCC3)nc2-c2ccc(Cl)c(OCCCN(C)C)c2)c1.Cl.O=C(O)O. The number of carboxylic acid groups (broad SMARTS) is 2. The topological polar surface area (TPSA) is 112 Å². The summed E-state index contributed by atoms with van der Waals surface area (Å²) in [5.74, 6) is 0.221. The van der Waals surface area contributed by atoms with Gasteiger partial charge in [0.25, 0.3) is 12.3 Å². The van der Waals surface area contributed by atoms with Crippen LogP contribution in [0.15, 0.2) is 48.5 Å². The predicted molar refractivity (Wildman–Crippen MR) is 171 cm³/mol. The molecule has 0 saturated heterocycles. The smallest absolute Gasteiger partial charge is 0.492 e. The van der Waals surface area contributed by atoms with Gasteiger partial charge >= 0.3 is 6.16 Å². The number of nitrogens with one attached hydrogen (secondary N) is 1. The van der Waals surface area contributed by atoms with E-state index in [9.17, 15) is 13.6 Å². The Balaban J connectivity index is 0.00000127. The number of alkyl halides is 2. The Morgan fingerprint density at radius 2 is 1.73 bits per heavy atom. The molecule has 0 radical (unpaired) electrons. The van der Waals surface area contributed by atoms with E-state index in [0.717, 1.165) is 44.2 Å². The Bertz CT molecular complexity index is 1400.